The van der Waals surface area contributed by atoms with Gasteiger partial charge < -0.3 is 9.84 Å². The molecule has 0 amide bonds. The Bertz CT molecular complexity index is 114. The van der Waals surface area contributed by atoms with Crippen LogP contribution in [0.1, 0.15) is 12.8 Å². The molecular weight excluding hydrogens is 140 g/mol. The molecule has 0 aliphatic carbocycles. The zero-order valence-electron chi connectivity index (χ0n) is 7.05. The number of methoxy groups -OCH3 is 1. The van der Waals surface area contributed by atoms with Gasteiger partial charge >= 0.3 is 0 Å². The normalized spacial score (nSPS) is 11.1. The van der Waals surface area contributed by atoms with Crippen molar-refractivity contribution in [1.82, 2.24) is 0 Å². The van der Waals surface area contributed by atoms with Gasteiger partial charge in [0, 0.05) is 7.11 Å². The SMILES string of the molecule is C=CCC(CO)(CC=C)OC. The lowest BCUT2D eigenvalue weighted by molar-refractivity contribution is -0.0470. The molecule has 0 saturated carbocycles. The van der Waals surface area contributed by atoms with Gasteiger partial charge in [-0.2, -0.15) is 0 Å². The van der Waals surface area contributed by atoms with Crippen molar-refractivity contribution >= 4 is 0 Å². The fourth-order valence-electron chi connectivity index (χ4n) is 0.970. The van der Waals surface area contributed by atoms with Crippen LogP contribution in [0.25, 0.3) is 0 Å². The second-order valence-electron chi connectivity index (χ2n) is 2.53. The van der Waals surface area contributed by atoms with Gasteiger partial charge in [0.1, 0.15) is 0 Å². The second kappa shape index (κ2) is 5.10. The molecule has 0 unspecified atom stereocenters. The number of rotatable bonds is 6. The molecule has 64 valence electrons. The van der Waals surface area contributed by atoms with E-state index < -0.39 is 5.60 Å². The summed E-state index contributed by atoms with van der Waals surface area (Å²) in [5, 5.41) is 9.02. The third-order valence-electron chi connectivity index (χ3n) is 1.75. The van der Waals surface area contributed by atoms with Crippen LogP contribution in [-0.4, -0.2) is 24.4 Å². The fourth-order valence-corrected chi connectivity index (χ4v) is 0.970. The van der Waals surface area contributed by atoms with Crippen LogP contribution in [0.3, 0.4) is 0 Å². The Hall–Kier alpha value is -0.600. The highest BCUT2D eigenvalue weighted by molar-refractivity contribution is 4.92. The van der Waals surface area contributed by atoms with Gasteiger partial charge in [-0.3, -0.25) is 0 Å². The number of hydrogen-bond acceptors (Lipinski definition) is 2. The van der Waals surface area contributed by atoms with Gasteiger partial charge in [0.05, 0.1) is 12.2 Å². The summed E-state index contributed by atoms with van der Waals surface area (Å²) in [6.07, 6.45) is 4.77. The zero-order valence-corrected chi connectivity index (χ0v) is 7.05. The molecule has 0 rings (SSSR count). The standard InChI is InChI=1S/C9H16O2/c1-4-6-9(8-10,11-3)7-5-2/h4-5,10H,1-2,6-8H2,3H3. The van der Waals surface area contributed by atoms with E-state index in [4.69, 9.17) is 9.84 Å². The van der Waals surface area contributed by atoms with Gasteiger partial charge in [-0.15, -0.1) is 13.2 Å². The molecule has 0 spiro atoms. The first-order valence-electron chi connectivity index (χ1n) is 3.62. The Kier molecular flexibility index (Phi) is 4.83. The average molecular weight is 156 g/mol. The van der Waals surface area contributed by atoms with Gasteiger partial charge in [0.25, 0.3) is 0 Å². The summed E-state index contributed by atoms with van der Waals surface area (Å²) in [5.74, 6) is 0. The van der Waals surface area contributed by atoms with Crippen molar-refractivity contribution in [3.63, 3.8) is 0 Å². The summed E-state index contributed by atoms with van der Waals surface area (Å²) >= 11 is 0. The molecule has 0 aliphatic heterocycles. The first-order chi connectivity index (χ1) is 5.24. The molecule has 0 fully saturated rings. The Morgan fingerprint density at radius 3 is 2.00 bits per heavy atom. The van der Waals surface area contributed by atoms with E-state index in [1.54, 1.807) is 19.3 Å². The average Bonchev–Trinajstić information content (AvgIpc) is 2.04. The van der Waals surface area contributed by atoms with E-state index in [1.807, 2.05) is 0 Å². The quantitative estimate of drug-likeness (QED) is 0.591. The summed E-state index contributed by atoms with van der Waals surface area (Å²) < 4.78 is 5.18. The highest BCUT2D eigenvalue weighted by Gasteiger charge is 2.25. The van der Waals surface area contributed by atoms with Crippen LogP contribution < -0.4 is 0 Å². The number of ether oxygens (including phenoxy) is 1. The molecule has 1 N–H and O–H groups in total. The van der Waals surface area contributed by atoms with Crippen molar-refractivity contribution < 1.29 is 9.84 Å². The van der Waals surface area contributed by atoms with Crippen molar-refractivity contribution in [2.24, 2.45) is 0 Å². The predicted molar refractivity (Wildman–Crippen MR) is 46.5 cm³/mol. The Morgan fingerprint density at radius 2 is 1.82 bits per heavy atom. The van der Waals surface area contributed by atoms with E-state index >= 15 is 0 Å². The first-order valence-corrected chi connectivity index (χ1v) is 3.62. The summed E-state index contributed by atoms with van der Waals surface area (Å²) in [7, 11) is 1.59. The predicted octanol–water partition coefficient (Wildman–Crippen LogP) is 1.52. The minimum atomic E-state index is -0.497. The summed E-state index contributed by atoms with van der Waals surface area (Å²) in [4.78, 5) is 0. The molecule has 11 heavy (non-hydrogen) atoms. The maximum absolute atomic E-state index is 9.02. The lowest BCUT2D eigenvalue weighted by atomic mass is 9.96. The van der Waals surface area contributed by atoms with Crippen LogP contribution in [0.15, 0.2) is 25.3 Å². The number of aliphatic hydroxyl groups excluding tert-OH is 1. The van der Waals surface area contributed by atoms with Crippen LogP contribution in [0, 0.1) is 0 Å². The summed E-state index contributed by atoms with van der Waals surface area (Å²) in [6, 6.07) is 0. The van der Waals surface area contributed by atoms with Crippen molar-refractivity contribution in [2.75, 3.05) is 13.7 Å². The molecule has 0 aromatic rings. The van der Waals surface area contributed by atoms with Crippen LogP contribution in [0.5, 0.6) is 0 Å². The second-order valence-corrected chi connectivity index (χ2v) is 2.53. The molecule has 2 heteroatoms. The molecule has 0 aliphatic rings. The molecule has 0 heterocycles. The Labute approximate surface area is 68.2 Å². The van der Waals surface area contributed by atoms with Crippen LogP contribution in [0.4, 0.5) is 0 Å². The maximum Gasteiger partial charge on any atom is 0.0976 e. The van der Waals surface area contributed by atoms with Crippen molar-refractivity contribution in [2.45, 2.75) is 18.4 Å². The minimum absolute atomic E-state index is 0.00153. The molecule has 2 nitrogen and oxygen atoms in total. The smallest absolute Gasteiger partial charge is 0.0976 e. The number of hydrogen-bond donors (Lipinski definition) is 1. The summed E-state index contributed by atoms with van der Waals surface area (Å²) in [6.45, 7) is 7.20. The molecule has 0 aromatic carbocycles. The van der Waals surface area contributed by atoms with E-state index in [1.165, 1.54) is 0 Å². The van der Waals surface area contributed by atoms with Crippen molar-refractivity contribution in [3.05, 3.63) is 25.3 Å². The molecule has 0 saturated heterocycles. The third kappa shape index (κ3) is 2.87. The van der Waals surface area contributed by atoms with E-state index in [0.29, 0.717) is 12.8 Å². The molecular formula is C9H16O2. The molecule has 0 atom stereocenters. The van der Waals surface area contributed by atoms with E-state index in [-0.39, 0.29) is 6.61 Å². The monoisotopic (exact) mass is 156 g/mol. The Morgan fingerprint density at radius 1 is 1.36 bits per heavy atom. The van der Waals surface area contributed by atoms with Gasteiger partial charge in [-0.25, -0.2) is 0 Å². The van der Waals surface area contributed by atoms with E-state index in [0.717, 1.165) is 0 Å². The van der Waals surface area contributed by atoms with Crippen LogP contribution in [-0.2, 0) is 4.74 Å². The van der Waals surface area contributed by atoms with Crippen molar-refractivity contribution in [3.8, 4) is 0 Å². The number of aliphatic hydroxyl groups is 1. The minimum Gasteiger partial charge on any atom is -0.393 e. The lowest BCUT2D eigenvalue weighted by Gasteiger charge is -2.27. The molecule has 0 bridgehead atoms. The van der Waals surface area contributed by atoms with Gasteiger partial charge in [0.2, 0.25) is 0 Å². The third-order valence-corrected chi connectivity index (χ3v) is 1.75. The van der Waals surface area contributed by atoms with Crippen LogP contribution >= 0.6 is 0 Å². The topological polar surface area (TPSA) is 29.5 Å². The fraction of sp³-hybridized carbons (Fsp3) is 0.556. The van der Waals surface area contributed by atoms with Crippen molar-refractivity contribution in [1.29, 1.82) is 0 Å². The molecule has 0 radical (unpaired) electrons. The van der Waals surface area contributed by atoms with E-state index in [2.05, 4.69) is 13.2 Å². The molecule has 0 aromatic heterocycles. The highest BCUT2D eigenvalue weighted by Crippen LogP contribution is 2.19. The largest absolute Gasteiger partial charge is 0.393 e. The first kappa shape index (κ1) is 10.4. The summed E-state index contributed by atoms with van der Waals surface area (Å²) in [5.41, 5.74) is -0.497. The van der Waals surface area contributed by atoms with Gasteiger partial charge in [-0.05, 0) is 12.8 Å². The lowest BCUT2D eigenvalue weighted by Crippen LogP contribution is -2.34. The zero-order chi connectivity index (χ0) is 8.74. The van der Waals surface area contributed by atoms with E-state index in [9.17, 15) is 0 Å². The maximum atomic E-state index is 9.02. The van der Waals surface area contributed by atoms with Gasteiger partial charge in [0.15, 0.2) is 0 Å². The highest BCUT2D eigenvalue weighted by atomic mass is 16.5. The Balaban J connectivity index is 4.17. The van der Waals surface area contributed by atoms with Crippen LogP contribution in [0.2, 0.25) is 0 Å². The van der Waals surface area contributed by atoms with Gasteiger partial charge in [-0.1, -0.05) is 12.2 Å².